The van der Waals surface area contributed by atoms with Crippen LogP contribution in [0.15, 0.2) is 59.2 Å². The van der Waals surface area contributed by atoms with E-state index in [0.717, 1.165) is 21.5 Å². The van der Waals surface area contributed by atoms with Gasteiger partial charge < -0.3 is 5.32 Å². The van der Waals surface area contributed by atoms with Crippen molar-refractivity contribution in [3.63, 3.8) is 0 Å². The van der Waals surface area contributed by atoms with Gasteiger partial charge in [0, 0.05) is 4.47 Å². The van der Waals surface area contributed by atoms with Gasteiger partial charge in [-0.05, 0) is 30.3 Å². The predicted molar refractivity (Wildman–Crippen MR) is 87.8 cm³/mol. The molecule has 1 aromatic heterocycles. The van der Waals surface area contributed by atoms with E-state index in [1.165, 1.54) is 0 Å². The fourth-order valence-electron chi connectivity index (χ4n) is 1.88. The summed E-state index contributed by atoms with van der Waals surface area (Å²) in [6, 6.07) is 15.5. The van der Waals surface area contributed by atoms with Gasteiger partial charge in [-0.15, -0.1) is 0 Å². The summed E-state index contributed by atoms with van der Waals surface area (Å²) in [5.74, 6) is 0. The van der Waals surface area contributed by atoms with E-state index in [0.29, 0.717) is 11.6 Å². The van der Waals surface area contributed by atoms with E-state index >= 15 is 0 Å². The SMILES string of the molecule is Clc1cc(Br)ccc1NCc1cnn(-c2ccccc2)n1. The molecule has 21 heavy (non-hydrogen) atoms. The first-order valence-electron chi connectivity index (χ1n) is 6.38. The van der Waals surface area contributed by atoms with Crippen molar-refractivity contribution in [3.8, 4) is 5.69 Å². The first kappa shape index (κ1) is 14.1. The molecule has 0 aliphatic carbocycles. The van der Waals surface area contributed by atoms with Crippen LogP contribution in [-0.4, -0.2) is 15.0 Å². The minimum atomic E-state index is 0.564. The van der Waals surface area contributed by atoms with Gasteiger partial charge in [0.25, 0.3) is 0 Å². The summed E-state index contributed by atoms with van der Waals surface area (Å²) in [6.07, 6.45) is 1.74. The maximum atomic E-state index is 6.16. The molecule has 0 saturated heterocycles. The summed E-state index contributed by atoms with van der Waals surface area (Å²) in [4.78, 5) is 1.61. The average Bonchev–Trinajstić information content (AvgIpc) is 2.96. The van der Waals surface area contributed by atoms with Crippen molar-refractivity contribution in [2.75, 3.05) is 5.32 Å². The third kappa shape index (κ3) is 3.43. The van der Waals surface area contributed by atoms with Crippen LogP contribution in [0.5, 0.6) is 0 Å². The molecule has 0 spiro atoms. The maximum Gasteiger partial charge on any atom is 0.102 e. The fraction of sp³-hybridized carbons (Fsp3) is 0.0667. The summed E-state index contributed by atoms with van der Waals surface area (Å²) >= 11 is 9.55. The number of hydrogen-bond acceptors (Lipinski definition) is 3. The van der Waals surface area contributed by atoms with Gasteiger partial charge in [0.2, 0.25) is 0 Å². The number of hydrogen-bond donors (Lipinski definition) is 1. The molecule has 0 unspecified atom stereocenters. The molecule has 0 bridgehead atoms. The van der Waals surface area contributed by atoms with Crippen molar-refractivity contribution in [2.24, 2.45) is 0 Å². The highest BCUT2D eigenvalue weighted by Gasteiger charge is 2.04. The third-order valence-electron chi connectivity index (χ3n) is 2.92. The Morgan fingerprint density at radius 3 is 2.71 bits per heavy atom. The molecule has 0 fully saturated rings. The minimum absolute atomic E-state index is 0.564. The van der Waals surface area contributed by atoms with Crippen LogP contribution in [0, 0.1) is 0 Å². The lowest BCUT2D eigenvalue weighted by Gasteiger charge is -2.06. The summed E-state index contributed by atoms with van der Waals surface area (Å²) in [6.45, 7) is 0.564. The summed E-state index contributed by atoms with van der Waals surface area (Å²) in [5.41, 5.74) is 2.65. The predicted octanol–water partition coefficient (Wildman–Crippen LogP) is 4.30. The van der Waals surface area contributed by atoms with E-state index in [1.807, 2.05) is 48.5 Å². The highest BCUT2D eigenvalue weighted by Crippen LogP contribution is 2.25. The van der Waals surface area contributed by atoms with E-state index in [4.69, 9.17) is 11.6 Å². The molecule has 1 heterocycles. The van der Waals surface area contributed by atoms with Crippen molar-refractivity contribution in [3.05, 3.63) is 69.9 Å². The highest BCUT2D eigenvalue weighted by molar-refractivity contribution is 9.10. The van der Waals surface area contributed by atoms with Crippen molar-refractivity contribution < 1.29 is 0 Å². The normalized spacial score (nSPS) is 10.6. The Morgan fingerprint density at radius 1 is 1.14 bits per heavy atom. The summed E-state index contributed by atoms with van der Waals surface area (Å²) < 4.78 is 0.952. The van der Waals surface area contributed by atoms with Crippen molar-refractivity contribution >= 4 is 33.2 Å². The van der Waals surface area contributed by atoms with Crippen molar-refractivity contribution in [1.29, 1.82) is 0 Å². The van der Waals surface area contributed by atoms with E-state index in [2.05, 4.69) is 31.4 Å². The van der Waals surface area contributed by atoms with E-state index < -0.39 is 0 Å². The van der Waals surface area contributed by atoms with Crippen LogP contribution in [0.3, 0.4) is 0 Å². The smallest absolute Gasteiger partial charge is 0.102 e. The number of aromatic nitrogens is 3. The Balaban J connectivity index is 1.70. The zero-order valence-corrected chi connectivity index (χ0v) is 13.3. The van der Waals surface area contributed by atoms with Gasteiger partial charge in [0.05, 0.1) is 29.1 Å². The fourth-order valence-corrected chi connectivity index (χ4v) is 2.62. The molecule has 0 radical (unpaired) electrons. The Kier molecular flexibility index (Phi) is 4.22. The molecule has 0 amide bonds. The number of benzene rings is 2. The number of halogens is 2. The Labute approximate surface area is 135 Å². The van der Waals surface area contributed by atoms with Crippen LogP contribution in [0.25, 0.3) is 5.69 Å². The first-order chi connectivity index (χ1) is 10.2. The Hall–Kier alpha value is -1.85. The zero-order valence-electron chi connectivity index (χ0n) is 11.0. The lowest BCUT2D eigenvalue weighted by molar-refractivity contribution is 0.740. The second-order valence-electron chi connectivity index (χ2n) is 4.44. The molecule has 4 nitrogen and oxygen atoms in total. The van der Waals surface area contributed by atoms with Crippen LogP contribution in [-0.2, 0) is 6.54 Å². The van der Waals surface area contributed by atoms with Gasteiger partial charge in [-0.2, -0.15) is 15.0 Å². The lowest BCUT2D eigenvalue weighted by Crippen LogP contribution is -2.03. The minimum Gasteiger partial charge on any atom is -0.378 e. The molecule has 0 aliphatic rings. The molecular formula is C15H12BrClN4. The van der Waals surface area contributed by atoms with Crippen LogP contribution >= 0.6 is 27.5 Å². The standard InChI is InChI=1S/C15H12BrClN4/c16-11-6-7-15(14(17)8-11)18-9-12-10-19-21(20-12)13-4-2-1-3-5-13/h1-8,10,18H,9H2. The molecule has 3 aromatic rings. The molecule has 0 atom stereocenters. The topological polar surface area (TPSA) is 42.7 Å². The molecule has 1 N–H and O–H groups in total. The number of nitrogens with zero attached hydrogens (tertiary/aromatic N) is 3. The quantitative estimate of drug-likeness (QED) is 0.751. The first-order valence-corrected chi connectivity index (χ1v) is 7.55. The molecule has 6 heteroatoms. The Morgan fingerprint density at radius 2 is 1.95 bits per heavy atom. The second kappa shape index (κ2) is 6.28. The number of anilines is 1. The summed E-state index contributed by atoms with van der Waals surface area (Å²) in [7, 11) is 0. The maximum absolute atomic E-state index is 6.16. The third-order valence-corrected chi connectivity index (χ3v) is 3.72. The Bertz CT molecular complexity index is 742. The van der Waals surface area contributed by atoms with E-state index in [9.17, 15) is 0 Å². The van der Waals surface area contributed by atoms with Crippen LogP contribution in [0.4, 0.5) is 5.69 Å². The molecular weight excluding hydrogens is 352 g/mol. The monoisotopic (exact) mass is 362 g/mol. The van der Waals surface area contributed by atoms with Crippen LogP contribution < -0.4 is 5.32 Å². The van der Waals surface area contributed by atoms with Gasteiger partial charge in [-0.25, -0.2) is 0 Å². The van der Waals surface area contributed by atoms with Crippen LogP contribution in [0.1, 0.15) is 5.69 Å². The molecule has 3 rings (SSSR count). The van der Waals surface area contributed by atoms with Gasteiger partial charge in [-0.1, -0.05) is 45.7 Å². The summed E-state index contributed by atoms with van der Waals surface area (Å²) in [5, 5.41) is 12.6. The van der Waals surface area contributed by atoms with Gasteiger partial charge in [-0.3, -0.25) is 0 Å². The van der Waals surface area contributed by atoms with Gasteiger partial charge in [0.1, 0.15) is 5.69 Å². The van der Waals surface area contributed by atoms with Gasteiger partial charge >= 0.3 is 0 Å². The number of rotatable bonds is 4. The number of para-hydroxylation sites is 1. The second-order valence-corrected chi connectivity index (χ2v) is 5.76. The number of nitrogens with one attached hydrogen (secondary N) is 1. The lowest BCUT2D eigenvalue weighted by atomic mass is 10.3. The molecule has 0 saturated carbocycles. The van der Waals surface area contributed by atoms with E-state index in [1.54, 1.807) is 11.0 Å². The molecule has 2 aromatic carbocycles. The largest absolute Gasteiger partial charge is 0.378 e. The zero-order chi connectivity index (χ0) is 14.7. The molecule has 0 aliphatic heterocycles. The van der Waals surface area contributed by atoms with Crippen molar-refractivity contribution in [2.45, 2.75) is 6.54 Å². The van der Waals surface area contributed by atoms with Crippen LogP contribution in [0.2, 0.25) is 5.02 Å². The van der Waals surface area contributed by atoms with E-state index in [-0.39, 0.29) is 0 Å². The molecule has 106 valence electrons. The average molecular weight is 364 g/mol. The van der Waals surface area contributed by atoms with Gasteiger partial charge in [0.15, 0.2) is 0 Å². The van der Waals surface area contributed by atoms with Crippen molar-refractivity contribution in [1.82, 2.24) is 15.0 Å². The highest BCUT2D eigenvalue weighted by atomic mass is 79.9.